The van der Waals surface area contributed by atoms with E-state index >= 15 is 0 Å². The number of aromatic nitrogens is 3. The van der Waals surface area contributed by atoms with Crippen LogP contribution >= 0.6 is 0 Å². The molecule has 0 saturated carbocycles. The molecule has 7 heteroatoms. The van der Waals surface area contributed by atoms with E-state index in [1.807, 2.05) is 39.9 Å². The third kappa shape index (κ3) is 2.79. The van der Waals surface area contributed by atoms with Gasteiger partial charge < -0.3 is 14.4 Å². The van der Waals surface area contributed by atoms with Gasteiger partial charge >= 0.3 is 0 Å². The van der Waals surface area contributed by atoms with Gasteiger partial charge in [0, 0.05) is 13.1 Å². The summed E-state index contributed by atoms with van der Waals surface area (Å²) in [6.45, 7) is 1.85. The number of likely N-dealkylation sites (tertiary alicyclic amines) is 1. The molecule has 1 amide bonds. The fourth-order valence-corrected chi connectivity index (χ4v) is 3.16. The van der Waals surface area contributed by atoms with Crippen LogP contribution < -0.4 is 4.74 Å². The number of ether oxygens (including phenoxy) is 2. The third-order valence-corrected chi connectivity index (χ3v) is 4.39. The molecule has 23 heavy (non-hydrogen) atoms. The summed E-state index contributed by atoms with van der Waals surface area (Å²) in [5.74, 6) is 0.690. The molecule has 7 nitrogen and oxygen atoms in total. The predicted molar refractivity (Wildman–Crippen MR) is 80.8 cm³/mol. The summed E-state index contributed by atoms with van der Waals surface area (Å²) in [5, 5.41) is 8.09. The minimum atomic E-state index is -0.0143. The zero-order valence-corrected chi connectivity index (χ0v) is 12.7. The van der Waals surface area contributed by atoms with Gasteiger partial charge in [0.25, 0.3) is 5.91 Å². The van der Waals surface area contributed by atoms with Crippen LogP contribution in [0.4, 0.5) is 0 Å². The maximum atomic E-state index is 12.4. The first-order valence-corrected chi connectivity index (χ1v) is 7.77. The van der Waals surface area contributed by atoms with Crippen LogP contribution in [0, 0.1) is 0 Å². The van der Waals surface area contributed by atoms with Gasteiger partial charge in [-0.2, -0.15) is 0 Å². The summed E-state index contributed by atoms with van der Waals surface area (Å²) in [6, 6.07) is 9.41. The van der Waals surface area contributed by atoms with Crippen molar-refractivity contribution in [2.45, 2.75) is 25.2 Å². The monoisotopic (exact) mass is 314 g/mol. The summed E-state index contributed by atoms with van der Waals surface area (Å²) in [4.78, 5) is 14.2. The lowest BCUT2D eigenvalue weighted by molar-refractivity contribution is -0.140. The van der Waals surface area contributed by atoms with Crippen LogP contribution in [0.3, 0.4) is 0 Å². The highest BCUT2D eigenvalue weighted by Gasteiger charge is 2.37. The molecule has 2 atom stereocenters. The van der Waals surface area contributed by atoms with Crippen LogP contribution in [0.25, 0.3) is 0 Å². The molecule has 0 unspecified atom stereocenters. The number of carbonyl (C=O) groups is 1. The van der Waals surface area contributed by atoms with Crippen molar-refractivity contribution in [3.63, 3.8) is 0 Å². The Morgan fingerprint density at radius 1 is 1.35 bits per heavy atom. The standard InChI is InChI=1S/C16H18N4O3/c21-16(11-22-13-4-2-1-3-5-13)19-7-6-15-14(9-19)20-12(10-23-15)8-17-18-20/h1-5,8,14-15H,6-7,9-11H2/t14-,15-/m0/s1. The second-order valence-electron chi connectivity index (χ2n) is 5.82. The van der Waals surface area contributed by atoms with Gasteiger partial charge in [0.2, 0.25) is 0 Å². The Kier molecular flexibility index (Phi) is 3.70. The lowest BCUT2D eigenvalue weighted by Gasteiger charge is -2.40. The van der Waals surface area contributed by atoms with E-state index in [0.29, 0.717) is 25.4 Å². The van der Waals surface area contributed by atoms with E-state index < -0.39 is 0 Å². The highest BCUT2D eigenvalue weighted by atomic mass is 16.5. The molecule has 1 fully saturated rings. The van der Waals surface area contributed by atoms with E-state index in [0.717, 1.165) is 12.1 Å². The van der Waals surface area contributed by atoms with Crippen LogP contribution in [0.15, 0.2) is 36.5 Å². The SMILES string of the molecule is O=C(COc1ccccc1)N1CC[C@@H]2OCc3cnnn3[C@H]2C1. The topological polar surface area (TPSA) is 69.5 Å². The molecular formula is C16H18N4O3. The molecule has 0 N–H and O–H groups in total. The molecule has 0 bridgehead atoms. The second-order valence-corrected chi connectivity index (χ2v) is 5.82. The van der Waals surface area contributed by atoms with Crippen LogP contribution in [-0.2, 0) is 16.1 Å². The second kappa shape index (κ2) is 6.00. The lowest BCUT2D eigenvalue weighted by Crippen LogP contribution is -2.50. The van der Waals surface area contributed by atoms with Gasteiger partial charge in [-0.3, -0.25) is 4.79 Å². The average molecular weight is 314 g/mol. The minimum absolute atomic E-state index is 0.0143. The average Bonchev–Trinajstić information content (AvgIpc) is 3.09. The van der Waals surface area contributed by atoms with Crippen molar-refractivity contribution >= 4 is 5.91 Å². The number of rotatable bonds is 3. The number of carbonyl (C=O) groups excluding carboxylic acids is 1. The van der Waals surface area contributed by atoms with Crippen LogP contribution in [0.5, 0.6) is 5.75 Å². The Labute approximate surface area is 133 Å². The lowest BCUT2D eigenvalue weighted by atomic mass is 10.0. The molecule has 2 aromatic rings. The Morgan fingerprint density at radius 2 is 2.22 bits per heavy atom. The van der Waals surface area contributed by atoms with E-state index in [-0.39, 0.29) is 24.7 Å². The first kappa shape index (κ1) is 14.2. The van der Waals surface area contributed by atoms with Crippen LogP contribution in [0.2, 0.25) is 0 Å². The smallest absolute Gasteiger partial charge is 0.260 e. The molecule has 0 radical (unpaired) electrons. The number of benzene rings is 1. The Morgan fingerprint density at radius 3 is 3.09 bits per heavy atom. The van der Waals surface area contributed by atoms with Crippen molar-refractivity contribution in [2.75, 3.05) is 19.7 Å². The summed E-state index contributed by atoms with van der Waals surface area (Å²) in [5.41, 5.74) is 0.959. The van der Waals surface area contributed by atoms with E-state index in [9.17, 15) is 4.79 Å². The fourth-order valence-electron chi connectivity index (χ4n) is 3.16. The molecule has 2 aliphatic heterocycles. The van der Waals surface area contributed by atoms with Crippen molar-refractivity contribution in [3.8, 4) is 5.75 Å². The van der Waals surface area contributed by atoms with Gasteiger partial charge in [-0.15, -0.1) is 5.10 Å². The van der Waals surface area contributed by atoms with Gasteiger partial charge in [0.15, 0.2) is 6.61 Å². The van der Waals surface area contributed by atoms with Gasteiger partial charge in [-0.1, -0.05) is 23.4 Å². The first-order valence-electron chi connectivity index (χ1n) is 7.77. The summed E-state index contributed by atoms with van der Waals surface area (Å²) < 4.78 is 13.3. The quantitative estimate of drug-likeness (QED) is 0.846. The van der Waals surface area contributed by atoms with Crippen LogP contribution in [-0.4, -0.2) is 51.6 Å². The predicted octanol–water partition coefficient (Wildman–Crippen LogP) is 1.03. The van der Waals surface area contributed by atoms with E-state index in [1.165, 1.54) is 0 Å². The molecule has 4 rings (SSSR count). The first-order chi connectivity index (χ1) is 11.3. The molecule has 0 aliphatic carbocycles. The van der Waals surface area contributed by atoms with E-state index in [1.54, 1.807) is 6.20 Å². The number of hydrogen-bond acceptors (Lipinski definition) is 5. The number of amides is 1. The van der Waals surface area contributed by atoms with Gasteiger partial charge in [-0.25, -0.2) is 4.68 Å². The highest BCUT2D eigenvalue weighted by Crippen LogP contribution is 2.30. The third-order valence-electron chi connectivity index (χ3n) is 4.39. The van der Waals surface area contributed by atoms with E-state index in [2.05, 4.69) is 10.3 Å². The van der Waals surface area contributed by atoms with Gasteiger partial charge in [-0.05, 0) is 18.6 Å². The molecule has 1 saturated heterocycles. The van der Waals surface area contributed by atoms with Gasteiger partial charge in [0.1, 0.15) is 5.75 Å². The van der Waals surface area contributed by atoms with Gasteiger partial charge in [0.05, 0.1) is 30.6 Å². The summed E-state index contributed by atoms with van der Waals surface area (Å²) in [6.07, 6.45) is 2.62. The molecule has 120 valence electrons. The number of nitrogens with zero attached hydrogens (tertiary/aromatic N) is 4. The van der Waals surface area contributed by atoms with Crippen molar-refractivity contribution in [2.24, 2.45) is 0 Å². The molecule has 1 aromatic carbocycles. The zero-order chi connectivity index (χ0) is 15.6. The molecular weight excluding hydrogens is 296 g/mol. The number of para-hydroxylation sites is 1. The number of fused-ring (bicyclic) bond motifs is 3. The number of piperidine rings is 1. The largest absolute Gasteiger partial charge is 0.484 e. The summed E-state index contributed by atoms with van der Waals surface area (Å²) >= 11 is 0. The maximum absolute atomic E-state index is 12.4. The van der Waals surface area contributed by atoms with Crippen molar-refractivity contribution in [1.82, 2.24) is 19.9 Å². The van der Waals surface area contributed by atoms with Crippen molar-refractivity contribution in [3.05, 3.63) is 42.2 Å². The van der Waals surface area contributed by atoms with Crippen molar-refractivity contribution in [1.29, 1.82) is 0 Å². The zero-order valence-electron chi connectivity index (χ0n) is 12.7. The minimum Gasteiger partial charge on any atom is -0.484 e. The normalized spacial score (nSPS) is 23.0. The fraction of sp³-hybridized carbons (Fsp3) is 0.438. The maximum Gasteiger partial charge on any atom is 0.260 e. The Balaban J connectivity index is 1.40. The molecule has 3 heterocycles. The molecule has 0 spiro atoms. The van der Waals surface area contributed by atoms with E-state index in [4.69, 9.17) is 9.47 Å². The Hall–Kier alpha value is -2.41. The summed E-state index contributed by atoms with van der Waals surface area (Å²) in [7, 11) is 0. The highest BCUT2D eigenvalue weighted by molar-refractivity contribution is 5.78. The Bertz CT molecular complexity index is 688. The van der Waals surface area contributed by atoms with Crippen molar-refractivity contribution < 1.29 is 14.3 Å². The molecule has 1 aromatic heterocycles. The number of hydrogen-bond donors (Lipinski definition) is 0. The van der Waals surface area contributed by atoms with Crippen LogP contribution in [0.1, 0.15) is 18.2 Å². The molecule has 2 aliphatic rings.